The van der Waals surface area contributed by atoms with Crippen LogP contribution in [0.3, 0.4) is 0 Å². The predicted molar refractivity (Wildman–Crippen MR) is 107 cm³/mol. The molecule has 1 amide bonds. The molecular weight excluding hydrogens is 380 g/mol. The Bertz CT molecular complexity index is 768. The van der Waals surface area contributed by atoms with Crippen molar-refractivity contribution >= 4 is 38.9 Å². The Morgan fingerprint density at radius 1 is 1.12 bits per heavy atom. The summed E-state index contributed by atoms with van der Waals surface area (Å²) >= 11 is 3.38. The van der Waals surface area contributed by atoms with E-state index in [1.54, 1.807) is 12.1 Å². The average molecular weight is 403 g/mol. The summed E-state index contributed by atoms with van der Waals surface area (Å²) in [7, 11) is 2.14. The molecule has 3 rings (SSSR count). The molecule has 25 heavy (non-hydrogen) atoms. The predicted octanol–water partition coefficient (Wildman–Crippen LogP) is 3.34. The number of hydrogen-bond donors (Lipinski definition) is 2. The Labute approximate surface area is 156 Å². The number of nitrogens with zero attached hydrogens (tertiary/aromatic N) is 2. The first-order valence-corrected chi connectivity index (χ1v) is 9.14. The molecule has 5 nitrogen and oxygen atoms in total. The van der Waals surface area contributed by atoms with Gasteiger partial charge in [-0.1, -0.05) is 15.9 Å². The van der Waals surface area contributed by atoms with E-state index in [2.05, 4.69) is 45.0 Å². The summed E-state index contributed by atoms with van der Waals surface area (Å²) in [6, 6.07) is 11.2. The van der Waals surface area contributed by atoms with Crippen molar-refractivity contribution in [1.82, 2.24) is 4.90 Å². The van der Waals surface area contributed by atoms with Crippen LogP contribution in [0, 0.1) is 6.92 Å². The molecule has 0 aromatic heterocycles. The fraction of sp³-hybridized carbons (Fsp3) is 0.316. The number of benzene rings is 2. The quantitative estimate of drug-likeness (QED) is 0.772. The van der Waals surface area contributed by atoms with Crippen molar-refractivity contribution in [2.45, 2.75) is 6.92 Å². The number of aryl methyl sites for hydroxylation is 1. The highest BCUT2D eigenvalue weighted by Gasteiger charge is 2.18. The fourth-order valence-corrected chi connectivity index (χ4v) is 3.28. The second kappa shape index (κ2) is 7.45. The average Bonchev–Trinajstić information content (AvgIpc) is 2.59. The van der Waals surface area contributed by atoms with Crippen LogP contribution in [0.1, 0.15) is 15.9 Å². The van der Waals surface area contributed by atoms with Crippen molar-refractivity contribution in [2.75, 3.05) is 49.2 Å². The van der Waals surface area contributed by atoms with Crippen molar-refractivity contribution < 1.29 is 4.79 Å². The number of nitrogens with two attached hydrogens (primary N) is 1. The normalized spacial score (nSPS) is 15.2. The zero-order valence-electron chi connectivity index (χ0n) is 14.6. The standard InChI is InChI=1S/C19H23BrN4O/c1-13-11-16(21)17(12-18(13)24-9-7-23(2)8-10-24)22-19(25)14-3-5-15(20)6-4-14/h3-6,11-12H,7-10,21H2,1-2H3,(H,22,25). The van der Waals surface area contributed by atoms with Gasteiger partial charge < -0.3 is 20.9 Å². The summed E-state index contributed by atoms with van der Waals surface area (Å²) in [6.07, 6.45) is 0. The van der Waals surface area contributed by atoms with Gasteiger partial charge in [0.1, 0.15) is 0 Å². The molecule has 1 aliphatic rings. The lowest BCUT2D eigenvalue weighted by Gasteiger charge is -2.35. The zero-order valence-corrected chi connectivity index (χ0v) is 16.1. The number of amides is 1. The zero-order chi connectivity index (χ0) is 18.0. The summed E-state index contributed by atoms with van der Waals surface area (Å²) < 4.78 is 0.941. The van der Waals surface area contributed by atoms with Crippen LogP contribution in [0.15, 0.2) is 40.9 Å². The van der Waals surface area contributed by atoms with E-state index in [0.717, 1.165) is 41.9 Å². The molecule has 3 N–H and O–H groups in total. The number of likely N-dealkylation sites (N-methyl/N-ethyl adjacent to an activating group) is 1. The van der Waals surface area contributed by atoms with Crippen LogP contribution < -0.4 is 16.0 Å². The van der Waals surface area contributed by atoms with E-state index in [-0.39, 0.29) is 5.91 Å². The molecular formula is C19H23BrN4O. The lowest BCUT2D eigenvalue weighted by molar-refractivity contribution is 0.102. The number of nitrogen functional groups attached to an aromatic ring is 1. The van der Waals surface area contributed by atoms with Crippen LogP contribution in [-0.4, -0.2) is 44.0 Å². The molecule has 1 saturated heterocycles. The number of halogens is 1. The monoisotopic (exact) mass is 402 g/mol. The minimum absolute atomic E-state index is 0.160. The molecule has 0 saturated carbocycles. The van der Waals surface area contributed by atoms with E-state index in [9.17, 15) is 4.79 Å². The minimum atomic E-state index is -0.160. The maximum absolute atomic E-state index is 12.5. The Hall–Kier alpha value is -2.05. The van der Waals surface area contributed by atoms with Crippen LogP contribution in [-0.2, 0) is 0 Å². The summed E-state index contributed by atoms with van der Waals surface area (Å²) in [6.45, 7) is 6.07. The van der Waals surface area contributed by atoms with E-state index in [0.29, 0.717) is 16.9 Å². The molecule has 6 heteroatoms. The van der Waals surface area contributed by atoms with Gasteiger partial charge in [-0.05, 0) is 55.9 Å². The van der Waals surface area contributed by atoms with Crippen molar-refractivity contribution in [3.63, 3.8) is 0 Å². The fourth-order valence-electron chi connectivity index (χ4n) is 3.01. The number of hydrogen-bond acceptors (Lipinski definition) is 4. The lowest BCUT2D eigenvalue weighted by Crippen LogP contribution is -2.44. The van der Waals surface area contributed by atoms with Crippen LogP contribution in [0.4, 0.5) is 17.1 Å². The lowest BCUT2D eigenvalue weighted by atomic mass is 10.1. The number of carbonyl (C=O) groups excluding carboxylic acids is 1. The Morgan fingerprint density at radius 2 is 1.76 bits per heavy atom. The van der Waals surface area contributed by atoms with Gasteiger partial charge in [-0.3, -0.25) is 4.79 Å². The number of nitrogens with one attached hydrogen (secondary N) is 1. The number of carbonyl (C=O) groups is 1. The van der Waals surface area contributed by atoms with Crippen LogP contribution >= 0.6 is 15.9 Å². The highest BCUT2D eigenvalue weighted by molar-refractivity contribution is 9.10. The van der Waals surface area contributed by atoms with Gasteiger partial charge in [-0.25, -0.2) is 0 Å². The maximum Gasteiger partial charge on any atom is 0.255 e. The Kier molecular flexibility index (Phi) is 5.30. The molecule has 1 aliphatic heterocycles. The minimum Gasteiger partial charge on any atom is -0.397 e. The maximum atomic E-state index is 12.5. The van der Waals surface area contributed by atoms with E-state index in [1.165, 1.54) is 0 Å². The number of anilines is 3. The van der Waals surface area contributed by atoms with Crippen LogP contribution in [0.2, 0.25) is 0 Å². The van der Waals surface area contributed by atoms with Crippen molar-refractivity contribution in [1.29, 1.82) is 0 Å². The van der Waals surface area contributed by atoms with Crippen molar-refractivity contribution in [3.05, 3.63) is 52.0 Å². The highest BCUT2D eigenvalue weighted by Crippen LogP contribution is 2.30. The summed E-state index contributed by atoms with van der Waals surface area (Å²) in [5.41, 5.74) is 10.2. The Morgan fingerprint density at radius 3 is 2.40 bits per heavy atom. The smallest absolute Gasteiger partial charge is 0.255 e. The van der Waals surface area contributed by atoms with E-state index >= 15 is 0 Å². The van der Waals surface area contributed by atoms with Crippen LogP contribution in [0.25, 0.3) is 0 Å². The Balaban J connectivity index is 1.82. The molecule has 0 atom stereocenters. The number of piperazine rings is 1. The molecule has 0 spiro atoms. The summed E-state index contributed by atoms with van der Waals surface area (Å²) in [5, 5.41) is 2.95. The second-order valence-corrected chi connectivity index (χ2v) is 7.39. The molecule has 1 fully saturated rings. The molecule has 1 heterocycles. The number of rotatable bonds is 3. The van der Waals surface area contributed by atoms with Gasteiger partial charge >= 0.3 is 0 Å². The molecule has 0 bridgehead atoms. The topological polar surface area (TPSA) is 61.6 Å². The third-order valence-corrected chi connectivity index (χ3v) is 5.10. The van der Waals surface area contributed by atoms with Gasteiger partial charge in [0.25, 0.3) is 5.91 Å². The molecule has 0 radical (unpaired) electrons. The van der Waals surface area contributed by atoms with Gasteiger partial charge in [-0.2, -0.15) is 0 Å². The van der Waals surface area contributed by atoms with E-state index < -0.39 is 0 Å². The molecule has 132 valence electrons. The van der Waals surface area contributed by atoms with E-state index in [4.69, 9.17) is 5.73 Å². The third-order valence-electron chi connectivity index (χ3n) is 4.57. The van der Waals surface area contributed by atoms with Crippen molar-refractivity contribution in [3.8, 4) is 0 Å². The van der Waals surface area contributed by atoms with Crippen molar-refractivity contribution in [2.24, 2.45) is 0 Å². The third kappa shape index (κ3) is 4.14. The molecule has 2 aromatic carbocycles. The van der Waals surface area contributed by atoms with Gasteiger partial charge in [0.2, 0.25) is 0 Å². The largest absolute Gasteiger partial charge is 0.397 e. The second-order valence-electron chi connectivity index (χ2n) is 6.48. The van der Waals surface area contributed by atoms with Gasteiger partial charge in [0.05, 0.1) is 11.4 Å². The highest BCUT2D eigenvalue weighted by atomic mass is 79.9. The SMILES string of the molecule is Cc1cc(N)c(NC(=O)c2ccc(Br)cc2)cc1N1CCN(C)CC1. The van der Waals surface area contributed by atoms with Gasteiger partial charge in [0.15, 0.2) is 0 Å². The van der Waals surface area contributed by atoms with Gasteiger partial charge in [0, 0.05) is 41.9 Å². The molecule has 0 unspecified atom stereocenters. The molecule has 2 aromatic rings. The molecule has 0 aliphatic carbocycles. The van der Waals surface area contributed by atoms with Gasteiger partial charge in [-0.15, -0.1) is 0 Å². The first-order chi connectivity index (χ1) is 11.9. The first kappa shape index (κ1) is 17.8. The van der Waals surface area contributed by atoms with Crippen LogP contribution in [0.5, 0.6) is 0 Å². The van der Waals surface area contributed by atoms with E-state index in [1.807, 2.05) is 24.3 Å². The summed E-state index contributed by atoms with van der Waals surface area (Å²) in [5.74, 6) is -0.160. The first-order valence-electron chi connectivity index (χ1n) is 8.34. The summed E-state index contributed by atoms with van der Waals surface area (Å²) in [4.78, 5) is 17.2.